The van der Waals surface area contributed by atoms with Gasteiger partial charge >= 0.3 is 0 Å². The molecule has 1 aliphatic rings. The topological polar surface area (TPSA) is 48.9 Å². The molecule has 2 rings (SSSR count). The van der Waals surface area contributed by atoms with Crippen LogP contribution in [0.25, 0.3) is 0 Å². The van der Waals surface area contributed by atoms with E-state index in [0.29, 0.717) is 6.04 Å². The maximum Gasteiger partial charge on any atom is 0.191 e. The fourth-order valence-corrected chi connectivity index (χ4v) is 3.21. The second-order valence-electron chi connectivity index (χ2n) is 6.21. The number of aryl methyl sites for hydroxylation is 1. The second kappa shape index (κ2) is 13.6. The number of morpholine rings is 1. The number of guanidine groups is 1. The zero-order valence-corrected chi connectivity index (χ0v) is 19.3. The summed E-state index contributed by atoms with van der Waals surface area (Å²) in [6.45, 7) is 10.3. The molecule has 0 spiro atoms. The van der Waals surface area contributed by atoms with Crippen LogP contribution in [0.1, 0.15) is 24.1 Å². The molecule has 1 aromatic rings. The van der Waals surface area contributed by atoms with E-state index in [1.807, 2.05) is 11.8 Å². The molecule has 0 amide bonds. The van der Waals surface area contributed by atoms with E-state index in [-0.39, 0.29) is 24.0 Å². The molecule has 1 aromatic carbocycles. The quantitative estimate of drug-likeness (QED) is 0.253. The molecule has 26 heavy (non-hydrogen) atoms. The Balaban J connectivity index is 0.00000338. The van der Waals surface area contributed by atoms with Crippen LogP contribution in [-0.2, 0) is 4.74 Å². The van der Waals surface area contributed by atoms with Crippen molar-refractivity contribution in [2.24, 2.45) is 4.99 Å². The van der Waals surface area contributed by atoms with Gasteiger partial charge in [0.25, 0.3) is 0 Å². The molecule has 0 bridgehead atoms. The average molecular weight is 492 g/mol. The predicted molar refractivity (Wildman–Crippen MR) is 124 cm³/mol. The van der Waals surface area contributed by atoms with Gasteiger partial charge in [0.05, 0.1) is 25.8 Å². The zero-order chi connectivity index (χ0) is 17.9. The van der Waals surface area contributed by atoms with Crippen molar-refractivity contribution in [1.82, 2.24) is 15.5 Å². The van der Waals surface area contributed by atoms with Gasteiger partial charge in [0.1, 0.15) is 0 Å². The van der Waals surface area contributed by atoms with Gasteiger partial charge in [-0.1, -0.05) is 29.8 Å². The van der Waals surface area contributed by atoms with Gasteiger partial charge in [-0.3, -0.25) is 9.89 Å². The minimum absolute atomic E-state index is 0. The lowest BCUT2D eigenvalue weighted by atomic mass is 10.0. The lowest BCUT2D eigenvalue weighted by Gasteiger charge is -2.34. The molecule has 0 saturated carbocycles. The SMILES string of the molecule is CCNC(=NCC(c1ccc(C)cc1)N1CCOCC1)NCCSC.I. The van der Waals surface area contributed by atoms with Gasteiger partial charge in [0.2, 0.25) is 0 Å². The van der Waals surface area contributed by atoms with Gasteiger partial charge < -0.3 is 15.4 Å². The Hall–Kier alpha value is -0.510. The van der Waals surface area contributed by atoms with Crippen molar-refractivity contribution in [3.8, 4) is 0 Å². The van der Waals surface area contributed by atoms with Gasteiger partial charge in [0.15, 0.2) is 5.96 Å². The first kappa shape index (κ1) is 23.5. The summed E-state index contributed by atoms with van der Waals surface area (Å²) in [6.07, 6.45) is 2.12. The third-order valence-electron chi connectivity index (χ3n) is 4.31. The number of nitrogens with zero attached hydrogens (tertiary/aromatic N) is 2. The van der Waals surface area contributed by atoms with Gasteiger partial charge in [-0.05, 0) is 25.7 Å². The summed E-state index contributed by atoms with van der Waals surface area (Å²) in [5.74, 6) is 1.98. The number of thioether (sulfide) groups is 1. The average Bonchev–Trinajstić information content (AvgIpc) is 2.64. The van der Waals surface area contributed by atoms with Gasteiger partial charge in [-0.15, -0.1) is 24.0 Å². The maximum atomic E-state index is 5.53. The summed E-state index contributed by atoms with van der Waals surface area (Å²) >= 11 is 1.84. The zero-order valence-electron chi connectivity index (χ0n) is 16.2. The van der Waals surface area contributed by atoms with Crippen LogP contribution in [-0.4, -0.2) is 68.8 Å². The van der Waals surface area contributed by atoms with Gasteiger partial charge in [-0.25, -0.2) is 0 Å². The largest absolute Gasteiger partial charge is 0.379 e. The van der Waals surface area contributed by atoms with E-state index in [9.17, 15) is 0 Å². The van der Waals surface area contributed by atoms with Crippen LogP contribution >= 0.6 is 35.7 Å². The van der Waals surface area contributed by atoms with Crippen molar-refractivity contribution >= 4 is 41.7 Å². The summed E-state index contributed by atoms with van der Waals surface area (Å²) in [7, 11) is 0. The number of nitrogens with one attached hydrogen (secondary N) is 2. The first-order valence-electron chi connectivity index (χ1n) is 9.14. The van der Waals surface area contributed by atoms with Crippen LogP contribution in [0.4, 0.5) is 0 Å². The molecule has 148 valence electrons. The number of halogens is 1. The van der Waals surface area contributed by atoms with Crippen molar-refractivity contribution in [1.29, 1.82) is 0 Å². The monoisotopic (exact) mass is 492 g/mol. The Kier molecular flexibility index (Phi) is 12.3. The van der Waals surface area contributed by atoms with Gasteiger partial charge in [-0.2, -0.15) is 11.8 Å². The number of ether oxygens (including phenoxy) is 1. The number of hydrogen-bond acceptors (Lipinski definition) is 4. The van der Waals surface area contributed by atoms with Crippen molar-refractivity contribution in [3.05, 3.63) is 35.4 Å². The van der Waals surface area contributed by atoms with E-state index in [1.165, 1.54) is 11.1 Å². The minimum Gasteiger partial charge on any atom is -0.379 e. The molecule has 0 aromatic heterocycles. The Labute approximate surface area is 179 Å². The molecular weight excluding hydrogens is 459 g/mol. The molecule has 1 unspecified atom stereocenters. The third-order valence-corrected chi connectivity index (χ3v) is 4.93. The first-order chi connectivity index (χ1) is 12.2. The van der Waals surface area contributed by atoms with E-state index < -0.39 is 0 Å². The molecule has 1 atom stereocenters. The lowest BCUT2D eigenvalue weighted by molar-refractivity contribution is 0.0179. The van der Waals surface area contributed by atoms with Crippen LogP contribution in [0.5, 0.6) is 0 Å². The van der Waals surface area contributed by atoms with Crippen molar-refractivity contribution < 1.29 is 4.74 Å². The Morgan fingerprint density at radius 2 is 1.92 bits per heavy atom. The molecule has 1 fully saturated rings. The van der Waals surface area contributed by atoms with E-state index in [4.69, 9.17) is 9.73 Å². The maximum absolute atomic E-state index is 5.53. The highest BCUT2D eigenvalue weighted by Crippen LogP contribution is 2.22. The van der Waals surface area contributed by atoms with Crippen molar-refractivity contribution in [2.75, 3.05) is 57.9 Å². The Morgan fingerprint density at radius 1 is 1.23 bits per heavy atom. The summed E-state index contributed by atoms with van der Waals surface area (Å²) in [5, 5.41) is 6.76. The van der Waals surface area contributed by atoms with Crippen LogP contribution in [0.3, 0.4) is 0 Å². The van der Waals surface area contributed by atoms with Crippen molar-refractivity contribution in [2.45, 2.75) is 19.9 Å². The molecule has 1 saturated heterocycles. The summed E-state index contributed by atoms with van der Waals surface area (Å²) in [6, 6.07) is 9.14. The van der Waals surface area contributed by atoms with Gasteiger partial charge in [0, 0.05) is 31.9 Å². The van der Waals surface area contributed by atoms with E-state index >= 15 is 0 Å². The number of benzene rings is 1. The smallest absolute Gasteiger partial charge is 0.191 e. The summed E-state index contributed by atoms with van der Waals surface area (Å²) < 4.78 is 5.53. The second-order valence-corrected chi connectivity index (χ2v) is 7.20. The normalized spacial score (nSPS) is 16.7. The summed E-state index contributed by atoms with van der Waals surface area (Å²) in [4.78, 5) is 7.35. The molecule has 1 aliphatic heterocycles. The summed E-state index contributed by atoms with van der Waals surface area (Å²) in [5.41, 5.74) is 2.62. The van der Waals surface area contributed by atoms with Crippen LogP contribution in [0.15, 0.2) is 29.3 Å². The van der Waals surface area contributed by atoms with Crippen LogP contribution < -0.4 is 10.6 Å². The fraction of sp³-hybridized carbons (Fsp3) is 0.632. The molecule has 7 heteroatoms. The molecule has 2 N–H and O–H groups in total. The predicted octanol–water partition coefficient (Wildman–Crippen LogP) is 2.90. The lowest BCUT2D eigenvalue weighted by Crippen LogP contribution is -2.42. The Morgan fingerprint density at radius 3 is 2.54 bits per heavy atom. The molecule has 0 radical (unpaired) electrons. The standard InChI is InChI=1S/C19H32N4OS.HI/c1-4-20-19(21-9-14-25-3)22-15-18(23-10-12-24-13-11-23)17-7-5-16(2)6-8-17;/h5-8,18H,4,9-15H2,1-3H3,(H2,20,21,22);1H. The van der Waals surface area contributed by atoms with E-state index in [2.05, 4.69) is 59.9 Å². The highest BCUT2D eigenvalue weighted by molar-refractivity contribution is 14.0. The fourth-order valence-electron chi connectivity index (χ4n) is 2.90. The highest BCUT2D eigenvalue weighted by Gasteiger charge is 2.22. The number of hydrogen-bond donors (Lipinski definition) is 2. The van der Waals surface area contributed by atoms with Crippen LogP contribution in [0.2, 0.25) is 0 Å². The Bertz CT molecular complexity index is 521. The van der Waals surface area contributed by atoms with E-state index in [1.54, 1.807) is 0 Å². The highest BCUT2D eigenvalue weighted by atomic mass is 127. The molecule has 5 nitrogen and oxygen atoms in total. The van der Waals surface area contributed by atoms with E-state index in [0.717, 1.165) is 57.6 Å². The molecule has 1 heterocycles. The first-order valence-corrected chi connectivity index (χ1v) is 10.5. The molecular formula is C19H33IN4OS. The van der Waals surface area contributed by atoms with Crippen molar-refractivity contribution in [3.63, 3.8) is 0 Å². The number of aliphatic imine (C=N–C) groups is 1. The van der Waals surface area contributed by atoms with Crippen LogP contribution in [0, 0.1) is 6.92 Å². The minimum atomic E-state index is 0. The number of rotatable bonds is 8. The molecule has 0 aliphatic carbocycles. The third kappa shape index (κ3) is 8.02.